The van der Waals surface area contributed by atoms with Crippen molar-refractivity contribution in [2.45, 2.75) is 70.4 Å². The highest BCUT2D eigenvalue weighted by Crippen LogP contribution is 2.33. The Bertz CT molecular complexity index is 689. The third-order valence-electron chi connectivity index (χ3n) is 6.22. The number of nitrogens with one attached hydrogen (secondary N) is 3. The molecule has 1 aromatic carbocycles. The van der Waals surface area contributed by atoms with E-state index in [0.717, 1.165) is 44.8 Å². The van der Waals surface area contributed by atoms with Crippen LogP contribution in [0, 0.1) is 12.8 Å². The summed E-state index contributed by atoms with van der Waals surface area (Å²) in [6.07, 6.45) is 8.80. The van der Waals surface area contributed by atoms with Crippen LogP contribution in [0.3, 0.4) is 0 Å². The van der Waals surface area contributed by atoms with Gasteiger partial charge in [-0.15, -0.1) is 24.0 Å². The zero-order valence-electron chi connectivity index (χ0n) is 19.0. The minimum absolute atomic E-state index is 0. The highest BCUT2D eigenvalue weighted by Gasteiger charge is 2.27. The Morgan fingerprint density at radius 3 is 2.52 bits per heavy atom. The second kappa shape index (κ2) is 13.9. The molecule has 0 aromatic heterocycles. The maximum absolute atomic E-state index is 12.2. The van der Waals surface area contributed by atoms with Gasteiger partial charge in [0, 0.05) is 45.1 Å². The maximum atomic E-state index is 12.2. The van der Waals surface area contributed by atoms with Crippen LogP contribution in [0.25, 0.3) is 0 Å². The van der Waals surface area contributed by atoms with E-state index in [1.54, 1.807) is 7.05 Å². The average Bonchev–Trinajstić information content (AvgIpc) is 2.77. The molecule has 2 atom stereocenters. The number of hydrogen-bond acceptors (Lipinski definition) is 3. The maximum Gasteiger partial charge on any atom is 0.221 e. The zero-order chi connectivity index (χ0) is 21.2. The van der Waals surface area contributed by atoms with Crippen LogP contribution in [0.2, 0.25) is 0 Å². The van der Waals surface area contributed by atoms with Crippen molar-refractivity contribution in [2.75, 3.05) is 26.7 Å². The van der Waals surface area contributed by atoms with Crippen molar-refractivity contribution < 1.29 is 9.53 Å². The van der Waals surface area contributed by atoms with Gasteiger partial charge < -0.3 is 20.7 Å². The van der Waals surface area contributed by atoms with Gasteiger partial charge in [0.15, 0.2) is 5.96 Å². The highest BCUT2D eigenvalue weighted by molar-refractivity contribution is 14.0. The summed E-state index contributed by atoms with van der Waals surface area (Å²) >= 11 is 0. The van der Waals surface area contributed by atoms with Crippen LogP contribution in [-0.4, -0.2) is 44.7 Å². The number of aryl methyl sites for hydroxylation is 1. The first-order valence-corrected chi connectivity index (χ1v) is 11.6. The topological polar surface area (TPSA) is 74.8 Å². The molecule has 1 saturated heterocycles. The number of amides is 1. The molecule has 31 heavy (non-hydrogen) atoms. The predicted molar refractivity (Wildman–Crippen MR) is 137 cm³/mol. The molecule has 1 amide bonds. The highest BCUT2D eigenvalue weighted by atomic mass is 127. The Hall–Kier alpha value is -1.35. The second-order valence-electron chi connectivity index (χ2n) is 8.64. The third kappa shape index (κ3) is 8.60. The van der Waals surface area contributed by atoms with E-state index in [2.05, 4.69) is 52.1 Å². The van der Waals surface area contributed by atoms with Gasteiger partial charge >= 0.3 is 0 Å². The van der Waals surface area contributed by atoms with Crippen LogP contribution in [0.5, 0.6) is 0 Å². The molecule has 0 bridgehead atoms. The number of hydrogen-bond donors (Lipinski definition) is 3. The average molecular weight is 543 g/mol. The van der Waals surface area contributed by atoms with Gasteiger partial charge in [0.25, 0.3) is 0 Å². The van der Waals surface area contributed by atoms with Crippen molar-refractivity contribution in [1.82, 2.24) is 16.0 Å². The minimum atomic E-state index is 0. The number of guanidine groups is 1. The van der Waals surface area contributed by atoms with Crippen molar-refractivity contribution in [2.24, 2.45) is 10.9 Å². The molecular formula is C24H39IN4O2. The van der Waals surface area contributed by atoms with Gasteiger partial charge in [0.1, 0.15) is 0 Å². The quantitative estimate of drug-likeness (QED) is 0.276. The first-order chi connectivity index (χ1) is 14.7. The molecule has 1 aromatic rings. The van der Waals surface area contributed by atoms with E-state index >= 15 is 0 Å². The van der Waals surface area contributed by atoms with E-state index in [1.807, 2.05) is 0 Å². The summed E-state index contributed by atoms with van der Waals surface area (Å²) in [5.41, 5.74) is 2.51. The first kappa shape index (κ1) is 25.9. The number of carbonyl (C=O) groups is 1. The largest absolute Gasteiger partial charge is 0.373 e. The van der Waals surface area contributed by atoms with Crippen LogP contribution >= 0.6 is 24.0 Å². The molecule has 2 unspecified atom stereocenters. The minimum Gasteiger partial charge on any atom is -0.373 e. The lowest BCUT2D eigenvalue weighted by molar-refractivity contribution is -0.121. The van der Waals surface area contributed by atoms with E-state index in [0.29, 0.717) is 24.9 Å². The Morgan fingerprint density at radius 2 is 1.81 bits per heavy atom. The monoisotopic (exact) mass is 542 g/mol. The molecule has 1 aliphatic heterocycles. The van der Waals surface area contributed by atoms with E-state index in [1.165, 1.54) is 30.4 Å². The molecule has 3 rings (SSSR count). The number of carbonyl (C=O) groups excluding carboxylic acids is 1. The lowest BCUT2D eigenvalue weighted by Gasteiger charge is -2.32. The number of halogens is 1. The zero-order valence-corrected chi connectivity index (χ0v) is 21.3. The van der Waals surface area contributed by atoms with Gasteiger partial charge in [-0.05, 0) is 38.2 Å². The van der Waals surface area contributed by atoms with Crippen LogP contribution in [-0.2, 0) is 9.53 Å². The number of aliphatic imine (C=N–C) groups is 1. The lowest BCUT2D eigenvalue weighted by atomic mass is 9.89. The van der Waals surface area contributed by atoms with E-state index in [-0.39, 0.29) is 36.0 Å². The SMILES string of the molecule is CN=C(NCCC(=O)NC1CCCCC1)NCC1CCCOC1c1ccc(C)cc1.I. The molecular weight excluding hydrogens is 503 g/mol. The van der Waals surface area contributed by atoms with E-state index in [4.69, 9.17) is 4.74 Å². The third-order valence-corrected chi connectivity index (χ3v) is 6.22. The summed E-state index contributed by atoms with van der Waals surface area (Å²) < 4.78 is 6.11. The lowest BCUT2D eigenvalue weighted by Crippen LogP contribution is -2.43. The Labute approximate surface area is 204 Å². The molecule has 2 aliphatic rings. The molecule has 1 aliphatic carbocycles. The molecule has 0 spiro atoms. The van der Waals surface area contributed by atoms with Gasteiger partial charge in [0.05, 0.1) is 6.10 Å². The van der Waals surface area contributed by atoms with Gasteiger partial charge in [-0.2, -0.15) is 0 Å². The van der Waals surface area contributed by atoms with Crippen LogP contribution in [0.4, 0.5) is 0 Å². The molecule has 1 heterocycles. The number of nitrogens with zero attached hydrogens (tertiary/aromatic N) is 1. The molecule has 6 nitrogen and oxygen atoms in total. The Balaban J connectivity index is 0.00000341. The van der Waals surface area contributed by atoms with Crippen LogP contribution in [0.1, 0.15) is 68.6 Å². The van der Waals surface area contributed by atoms with Crippen molar-refractivity contribution in [1.29, 1.82) is 0 Å². The molecule has 1 saturated carbocycles. The van der Waals surface area contributed by atoms with Gasteiger partial charge in [0.2, 0.25) is 5.91 Å². The summed E-state index contributed by atoms with van der Waals surface area (Å²) in [6.45, 7) is 4.31. The predicted octanol–water partition coefficient (Wildman–Crippen LogP) is 4.08. The van der Waals surface area contributed by atoms with Crippen LogP contribution in [0.15, 0.2) is 29.3 Å². The fourth-order valence-electron chi connectivity index (χ4n) is 4.47. The summed E-state index contributed by atoms with van der Waals surface area (Å²) in [5.74, 6) is 1.27. The second-order valence-corrected chi connectivity index (χ2v) is 8.64. The van der Waals surface area contributed by atoms with Crippen molar-refractivity contribution in [3.05, 3.63) is 35.4 Å². The Kier molecular flexibility index (Phi) is 11.6. The van der Waals surface area contributed by atoms with Crippen LogP contribution < -0.4 is 16.0 Å². The first-order valence-electron chi connectivity index (χ1n) is 11.6. The summed E-state index contributed by atoms with van der Waals surface area (Å²) in [6, 6.07) is 9.02. The molecule has 7 heteroatoms. The number of ether oxygens (including phenoxy) is 1. The smallest absolute Gasteiger partial charge is 0.221 e. The summed E-state index contributed by atoms with van der Waals surface area (Å²) in [7, 11) is 1.77. The fourth-order valence-corrected chi connectivity index (χ4v) is 4.47. The number of rotatable bonds is 7. The Morgan fingerprint density at radius 1 is 1.06 bits per heavy atom. The van der Waals surface area contributed by atoms with E-state index in [9.17, 15) is 4.79 Å². The fraction of sp³-hybridized carbons (Fsp3) is 0.667. The number of benzene rings is 1. The van der Waals surface area contributed by atoms with Gasteiger partial charge in [-0.1, -0.05) is 49.1 Å². The summed E-state index contributed by atoms with van der Waals surface area (Å²) in [5, 5.41) is 9.88. The van der Waals surface area contributed by atoms with E-state index < -0.39 is 0 Å². The molecule has 174 valence electrons. The van der Waals surface area contributed by atoms with Gasteiger partial charge in [-0.25, -0.2) is 0 Å². The van der Waals surface area contributed by atoms with Crippen molar-refractivity contribution in [3.63, 3.8) is 0 Å². The standard InChI is InChI=1S/C24H38N4O2.HI/c1-18-10-12-19(13-11-18)23-20(7-6-16-30-23)17-27-24(25-2)26-15-14-22(29)28-21-8-4-3-5-9-21;/h10-13,20-21,23H,3-9,14-17H2,1-2H3,(H,28,29)(H2,25,26,27);1H. The molecule has 0 radical (unpaired) electrons. The van der Waals surface area contributed by atoms with Gasteiger partial charge in [-0.3, -0.25) is 9.79 Å². The normalized spacial score (nSPS) is 22.3. The van der Waals surface area contributed by atoms with Crippen molar-refractivity contribution in [3.8, 4) is 0 Å². The summed E-state index contributed by atoms with van der Waals surface area (Å²) in [4.78, 5) is 16.5. The molecule has 3 N–H and O–H groups in total. The molecule has 2 fully saturated rings. The van der Waals surface area contributed by atoms with Crippen molar-refractivity contribution >= 4 is 35.8 Å².